The van der Waals surface area contributed by atoms with Crippen LogP contribution in [0.2, 0.25) is 0 Å². The molecular weight excluding hydrogens is 313 g/mol. The molecule has 5 nitrogen and oxygen atoms in total. The largest absolute Gasteiger partial charge is 0.482 e. The molecular formula is C18H18FNO4. The smallest absolute Gasteiger partial charge is 0.287 e. The molecule has 1 aliphatic rings. The molecule has 1 heterocycles. The molecule has 0 atom stereocenters. The van der Waals surface area contributed by atoms with Crippen molar-refractivity contribution in [1.29, 1.82) is 0 Å². The fourth-order valence-electron chi connectivity index (χ4n) is 2.72. The predicted octanol–water partition coefficient (Wildman–Crippen LogP) is 3.03. The Morgan fingerprint density at radius 3 is 2.75 bits per heavy atom. The third-order valence-electron chi connectivity index (χ3n) is 4.05. The molecule has 1 aliphatic carbocycles. The minimum Gasteiger partial charge on any atom is -0.482 e. The number of hydrogen-bond acceptors (Lipinski definition) is 4. The Balaban J connectivity index is 1.65. The van der Waals surface area contributed by atoms with Gasteiger partial charge in [0.25, 0.3) is 5.91 Å². The van der Waals surface area contributed by atoms with E-state index >= 15 is 0 Å². The third kappa shape index (κ3) is 3.82. The Morgan fingerprint density at radius 1 is 1.29 bits per heavy atom. The monoisotopic (exact) mass is 331 g/mol. The van der Waals surface area contributed by atoms with Gasteiger partial charge in [-0.3, -0.25) is 9.59 Å². The van der Waals surface area contributed by atoms with Crippen LogP contribution in [-0.4, -0.2) is 11.9 Å². The maximum atomic E-state index is 13.5. The predicted molar refractivity (Wildman–Crippen MR) is 85.4 cm³/mol. The summed E-state index contributed by atoms with van der Waals surface area (Å²) in [5, 5.41) is 2.85. The normalized spacial score (nSPS) is 14.5. The average molecular weight is 331 g/mol. The van der Waals surface area contributed by atoms with Crippen LogP contribution in [0.5, 0.6) is 5.75 Å². The molecule has 1 amide bonds. The van der Waals surface area contributed by atoms with E-state index in [9.17, 15) is 14.0 Å². The highest BCUT2D eigenvalue weighted by Crippen LogP contribution is 2.18. The first kappa shape index (κ1) is 16.2. The van der Waals surface area contributed by atoms with Gasteiger partial charge in [-0.25, -0.2) is 4.39 Å². The molecule has 0 radical (unpaired) electrons. The van der Waals surface area contributed by atoms with Crippen molar-refractivity contribution in [3.8, 4) is 5.75 Å². The Kier molecular flexibility index (Phi) is 4.93. The lowest BCUT2D eigenvalue weighted by molar-refractivity contribution is 0.0906. The van der Waals surface area contributed by atoms with Gasteiger partial charge in [-0.2, -0.15) is 0 Å². The van der Waals surface area contributed by atoms with Crippen molar-refractivity contribution in [3.63, 3.8) is 0 Å². The van der Waals surface area contributed by atoms with Gasteiger partial charge in [-0.15, -0.1) is 0 Å². The molecule has 0 bridgehead atoms. The van der Waals surface area contributed by atoms with E-state index in [0.717, 1.165) is 38.0 Å². The van der Waals surface area contributed by atoms with Gasteiger partial charge in [0, 0.05) is 17.7 Å². The van der Waals surface area contributed by atoms with E-state index in [1.807, 2.05) is 0 Å². The summed E-state index contributed by atoms with van der Waals surface area (Å²) in [6.07, 6.45) is 5.17. The zero-order chi connectivity index (χ0) is 16.9. The van der Waals surface area contributed by atoms with Gasteiger partial charge in [0.15, 0.2) is 5.76 Å². The van der Waals surface area contributed by atoms with Crippen LogP contribution in [0.25, 0.3) is 0 Å². The standard InChI is InChI=1S/C18H18FNO4/c19-14-8-4-1-5-12(14)10-23-17-11-24-16(9-15(17)21)18(22)20-13-6-2-3-7-13/h1,4-5,8-9,11,13H,2-3,6-7,10H2,(H,20,22). The van der Waals surface area contributed by atoms with Crippen LogP contribution in [0.1, 0.15) is 41.8 Å². The lowest BCUT2D eigenvalue weighted by Gasteiger charge is -2.11. The first-order chi connectivity index (χ1) is 11.6. The fourth-order valence-corrected chi connectivity index (χ4v) is 2.72. The third-order valence-corrected chi connectivity index (χ3v) is 4.05. The minimum atomic E-state index is -0.478. The van der Waals surface area contributed by atoms with Crippen LogP contribution < -0.4 is 15.5 Å². The molecule has 1 aromatic carbocycles. The van der Waals surface area contributed by atoms with E-state index in [4.69, 9.17) is 9.15 Å². The molecule has 0 unspecified atom stereocenters. The van der Waals surface area contributed by atoms with E-state index in [-0.39, 0.29) is 24.2 Å². The second kappa shape index (κ2) is 7.29. The van der Waals surface area contributed by atoms with Crippen molar-refractivity contribution in [2.24, 2.45) is 0 Å². The number of halogens is 1. The van der Waals surface area contributed by atoms with Crippen molar-refractivity contribution < 1.29 is 18.3 Å². The van der Waals surface area contributed by atoms with Crippen molar-refractivity contribution >= 4 is 5.91 Å². The highest BCUT2D eigenvalue weighted by molar-refractivity contribution is 5.91. The second-order valence-electron chi connectivity index (χ2n) is 5.81. The number of amides is 1. The lowest BCUT2D eigenvalue weighted by atomic mass is 10.2. The summed E-state index contributed by atoms with van der Waals surface area (Å²) >= 11 is 0. The topological polar surface area (TPSA) is 68.5 Å². The number of nitrogens with one attached hydrogen (secondary N) is 1. The molecule has 2 aromatic rings. The molecule has 126 valence electrons. The summed E-state index contributed by atoms with van der Waals surface area (Å²) in [7, 11) is 0. The van der Waals surface area contributed by atoms with Crippen LogP contribution >= 0.6 is 0 Å². The second-order valence-corrected chi connectivity index (χ2v) is 5.81. The van der Waals surface area contributed by atoms with Gasteiger partial charge < -0.3 is 14.5 Å². The van der Waals surface area contributed by atoms with Gasteiger partial charge in [-0.1, -0.05) is 31.0 Å². The van der Waals surface area contributed by atoms with E-state index < -0.39 is 17.2 Å². The molecule has 3 rings (SSSR count). The number of hydrogen-bond donors (Lipinski definition) is 1. The lowest BCUT2D eigenvalue weighted by Crippen LogP contribution is -2.33. The molecule has 1 fully saturated rings. The molecule has 1 saturated carbocycles. The van der Waals surface area contributed by atoms with Gasteiger partial charge in [0.1, 0.15) is 18.7 Å². The summed E-state index contributed by atoms with van der Waals surface area (Å²) in [4.78, 5) is 24.1. The molecule has 0 saturated heterocycles. The van der Waals surface area contributed by atoms with E-state index in [1.54, 1.807) is 18.2 Å². The average Bonchev–Trinajstić information content (AvgIpc) is 3.08. The molecule has 1 aromatic heterocycles. The highest BCUT2D eigenvalue weighted by atomic mass is 19.1. The number of carbonyl (C=O) groups is 1. The van der Waals surface area contributed by atoms with Crippen LogP contribution in [0.15, 0.2) is 45.8 Å². The van der Waals surface area contributed by atoms with E-state index in [0.29, 0.717) is 5.56 Å². The molecule has 1 N–H and O–H groups in total. The first-order valence-corrected chi connectivity index (χ1v) is 7.93. The van der Waals surface area contributed by atoms with Gasteiger partial charge in [0.05, 0.1) is 0 Å². The van der Waals surface area contributed by atoms with E-state index in [2.05, 4.69) is 5.32 Å². The number of ether oxygens (including phenoxy) is 1. The van der Waals surface area contributed by atoms with Crippen molar-refractivity contribution in [1.82, 2.24) is 5.32 Å². The Morgan fingerprint density at radius 2 is 2.04 bits per heavy atom. The molecule has 24 heavy (non-hydrogen) atoms. The van der Waals surface area contributed by atoms with Crippen LogP contribution in [-0.2, 0) is 6.61 Å². The molecule has 6 heteroatoms. The van der Waals surface area contributed by atoms with Gasteiger partial charge in [0.2, 0.25) is 11.2 Å². The first-order valence-electron chi connectivity index (χ1n) is 7.93. The Hall–Kier alpha value is -2.63. The number of benzene rings is 1. The SMILES string of the molecule is O=C(NC1CCCC1)c1cc(=O)c(OCc2ccccc2F)co1. The summed E-state index contributed by atoms with van der Waals surface area (Å²) in [6, 6.07) is 7.38. The van der Waals surface area contributed by atoms with Crippen LogP contribution in [0, 0.1) is 5.82 Å². The maximum absolute atomic E-state index is 13.5. The van der Waals surface area contributed by atoms with Crippen LogP contribution in [0.3, 0.4) is 0 Å². The number of rotatable bonds is 5. The molecule has 0 spiro atoms. The Labute approximate surface area is 138 Å². The fraction of sp³-hybridized carbons (Fsp3) is 0.333. The number of carbonyl (C=O) groups excluding carboxylic acids is 1. The van der Waals surface area contributed by atoms with E-state index in [1.165, 1.54) is 6.07 Å². The maximum Gasteiger partial charge on any atom is 0.287 e. The zero-order valence-corrected chi connectivity index (χ0v) is 13.1. The minimum absolute atomic E-state index is 0.0508. The van der Waals surface area contributed by atoms with Gasteiger partial charge >= 0.3 is 0 Å². The van der Waals surface area contributed by atoms with Crippen molar-refractivity contribution in [3.05, 3.63) is 64.0 Å². The highest BCUT2D eigenvalue weighted by Gasteiger charge is 2.20. The van der Waals surface area contributed by atoms with Crippen LogP contribution in [0.4, 0.5) is 4.39 Å². The summed E-state index contributed by atoms with van der Waals surface area (Å²) in [5.41, 5.74) is -0.144. The Bertz CT molecular complexity index is 781. The van der Waals surface area contributed by atoms with Gasteiger partial charge in [-0.05, 0) is 18.9 Å². The van der Waals surface area contributed by atoms with Crippen molar-refractivity contribution in [2.75, 3.05) is 0 Å². The summed E-state index contributed by atoms with van der Waals surface area (Å²) < 4.78 is 24.0. The molecule has 0 aliphatic heterocycles. The quantitative estimate of drug-likeness (QED) is 0.914. The zero-order valence-electron chi connectivity index (χ0n) is 13.1. The summed E-state index contributed by atoms with van der Waals surface area (Å²) in [5.74, 6) is -0.921. The summed E-state index contributed by atoms with van der Waals surface area (Å²) in [6.45, 7) is -0.0922. The van der Waals surface area contributed by atoms with Crippen molar-refractivity contribution in [2.45, 2.75) is 38.3 Å².